The first kappa shape index (κ1) is 18.2. The van der Waals surface area contributed by atoms with E-state index in [2.05, 4.69) is 4.98 Å². The lowest BCUT2D eigenvalue weighted by Gasteiger charge is -2.28. The second kappa shape index (κ2) is 6.99. The molecule has 0 unspecified atom stereocenters. The van der Waals surface area contributed by atoms with Gasteiger partial charge in [0.05, 0.1) is 19.9 Å². The molecule has 3 rings (SSSR count). The van der Waals surface area contributed by atoms with Crippen LogP contribution in [0, 0.1) is 0 Å². The molecule has 2 aromatic rings. The molecular formula is C17H18F3N3O3. The molecule has 0 saturated heterocycles. The van der Waals surface area contributed by atoms with Crippen molar-refractivity contribution in [2.75, 3.05) is 20.8 Å². The molecule has 2 heterocycles. The van der Waals surface area contributed by atoms with Gasteiger partial charge in [-0.25, -0.2) is 4.98 Å². The third-order valence-electron chi connectivity index (χ3n) is 4.30. The van der Waals surface area contributed by atoms with E-state index >= 15 is 0 Å². The Balaban J connectivity index is 1.87. The number of aromatic amines is 1. The quantitative estimate of drug-likeness (QED) is 0.896. The molecule has 1 aliphatic rings. The van der Waals surface area contributed by atoms with Crippen molar-refractivity contribution in [1.29, 1.82) is 0 Å². The Morgan fingerprint density at radius 1 is 1.27 bits per heavy atom. The number of fused-ring (bicyclic) bond motifs is 1. The van der Waals surface area contributed by atoms with E-state index in [-0.39, 0.29) is 12.2 Å². The number of halogens is 3. The van der Waals surface area contributed by atoms with Gasteiger partial charge >= 0.3 is 6.18 Å². The summed E-state index contributed by atoms with van der Waals surface area (Å²) in [5.74, 6) is 0.0562. The highest BCUT2D eigenvalue weighted by molar-refractivity contribution is 5.40. The standard InChI is InChI=1S/C17H18F3N3O3/c1-25-11-3-4-14(26-2)10(7-11)8-23-6-5-12-13(9-23)21-16(17(18,19)20)22-15(12)24/h3-4,7H,5-6,8-9H2,1-2H3,(H,21,22,24). The number of hydrogen-bond acceptors (Lipinski definition) is 5. The molecule has 6 nitrogen and oxygen atoms in total. The molecule has 0 aliphatic carbocycles. The molecule has 9 heteroatoms. The molecule has 1 aromatic heterocycles. The summed E-state index contributed by atoms with van der Waals surface area (Å²) in [6.45, 7) is 1.13. The van der Waals surface area contributed by atoms with Gasteiger partial charge in [0.15, 0.2) is 0 Å². The zero-order valence-electron chi connectivity index (χ0n) is 14.3. The summed E-state index contributed by atoms with van der Waals surface area (Å²) in [5.41, 5.74) is 0.596. The van der Waals surface area contributed by atoms with E-state index in [1.165, 1.54) is 0 Å². The number of methoxy groups -OCH3 is 2. The normalized spacial score (nSPS) is 14.8. The van der Waals surface area contributed by atoms with Gasteiger partial charge in [0.1, 0.15) is 11.5 Å². The van der Waals surface area contributed by atoms with E-state index in [9.17, 15) is 18.0 Å². The van der Waals surface area contributed by atoms with Crippen LogP contribution in [0.25, 0.3) is 0 Å². The molecule has 0 radical (unpaired) electrons. The lowest BCUT2D eigenvalue weighted by Crippen LogP contribution is -2.36. The van der Waals surface area contributed by atoms with Gasteiger partial charge < -0.3 is 14.5 Å². The number of hydrogen-bond donors (Lipinski definition) is 1. The topological polar surface area (TPSA) is 67.5 Å². The third kappa shape index (κ3) is 3.67. The van der Waals surface area contributed by atoms with Crippen LogP contribution in [0.15, 0.2) is 23.0 Å². The van der Waals surface area contributed by atoms with E-state index in [4.69, 9.17) is 9.47 Å². The fourth-order valence-corrected chi connectivity index (χ4v) is 3.01. The Bertz CT molecular complexity index is 865. The highest BCUT2D eigenvalue weighted by atomic mass is 19.4. The van der Waals surface area contributed by atoms with Gasteiger partial charge in [-0.15, -0.1) is 0 Å². The second-order valence-electron chi connectivity index (χ2n) is 5.98. The SMILES string of the molecule is COc1ccc(OC)c(CN2CCc3c(nc(C(F)(F)F)[nH]c3=O)C2)c1. The zero-order valence-corrected chi connectivity index (χ0v) is 14.3. The van der Waals surface area contributed by atoms with Crippen molar-refractivity contribution in [1.82, 2.24) is 14.9 Å². The van der Waals surface area contributed by atoms with Gasteiger partial charge in [0.25, 0.3) is 5.56 Å². The Hall–Kier alpha value is -2.55. The van der Waals surface area contributed by atoms with Crippen LogP contribution in [0.3, 0.4) is 0 Å². The minimum atomic E-state index is -4.69. The lowest BCUT2D eigenvalue weighted by molar-refractivity contribution is -0.145. The number of ether oxygens (including phenoxy) is 2. The van der Waals surface area contributed by atoms with Crippen LogP contribution < -0.4 is 15.0 Å². The number of benzene rings is 1. The Kier molecular flexibility index (Phi) is 4.90. The first-order valence-electron chi connectivity index (χ1n) is 7.94. The number of alkyl halides is 3. The van der Waals surface area contributed by atoms with Gasteiger partial charge in [0.2, 0.25) is 5.82 Å². The van der Waals surface area contributed by atoms with E-state index < -0.39 is 17.6 Å². The molecule has 26 heavy (non-hydrogen) atoms. The van der Waals surface area contributed by atoms with Crippen molar-refractivity contribution in [3.63, 3.8) is 0 Å². The highest BCUT2D eigenvalue weighted by Crippen LogP contribution is 2.29. The molecule has 0 saturated carbocycles. The van der Waals surface area contributed by atoms with Crippen molar-refractivity contribution in [3.8, 4) is 11.5 Å². The highest BCUT2D eigenvalue weighted by Gasteiger charge is 2.36. The summed E-state index contributed by atoms with van der Waals surface area (Å²) in [5, 5.41) is 0. The summed E-state index contributed by atoms with van der Waals surface area (Å²) in [6, 6.07) is 5.36. The van der Waals surface area contributed by atoms with Gasteiger partial charge in [-0.3, -0.25) is 9.69 Å². The maximum Gasteiger partial charge on any atom is 0.449 e. The summed E-state index contributed by atoms with van der Waals surface area (Å²) < 4.78 is 49.2. The smallest absolute Gasteiger partial charge is 0.449 e. The fourth-order valence-electron chi connectivity index (χ4n) is 3.01. The summed E-state index contributed by atoms with van der Waals surface area (Å²) in [7, 11) is 3.10. The molecule has 0 fully saturated rings. The van der Waals surface area contributed by atoms with E-state index in [0.29, 0.717) is 36.6 Å². The molecular weight excluding hydrogens is 351 g/mol. The maximum atomic E-state index is 12.9. The van der Waals surface area contributed by atoms with E-state index in [0.717, 1.165) is 5.56 Å². The summed E-state index contributed by atoms with van der Waals surface area (Å²) >= 11 is 0. The van der Waals surface area contributed by atoms with Crippen LogP contribution >= 0.6 is 0 Å². The van der Waals surface area contributed by atoms with Crippen LogP contribution in [-0.2, 0) is 25.7 Å². The first-order valence-corrected chi connectivity index (χ1v) is 7.94. The Morgan fingerprint density at radius 2 is 2.04 bits per heavy atom. The minimum Gasteiger partial charge on any atom is -0.497 e. The number of rotatable bonds is 4. The van der Waals surface area contributed by atoms with Gasteiger partial charge in [-0.1, -0.05) is 0 Å². The first-order chi connectivity index (χ1) is 12.3. The van der Waals surface area contributed by atoms with Gasteiger partial charge in [0, 0.05) is 30.8 Å². The number of H-pyrrole nitrogens is 1. The maximum absolute atomic E-state index is 12.9. The van der Waals surface area contributed by atoms with Crippen molar-refractivity contribution in [2.45, 2.75) is 25.7 Å². The molecule has 1 aliphatic heterocycles. The number of nitrogens with zero attached hydrogens (tertiary/aromatic N) is 2. The Labute approximate surface area is 147 Å². The van der Waals surface area contributed by atoms with Crippen LogP contribution in [-0.4, -0.2) is 35.6 Å². The van der Waals surface area contributed by atoms with Crippen molar-refractivity contribution in [3.05, 3.63) is 51.2 Å². The zero-order chi connectivity index (χ0) is 18.9. The fraction of sp³-hybridized carbons (Fsp3) is 0.412. The van der Waals surface area contributed by atoms with Crippen LogP contribution in [0.4, 0.5) is 13.2 Å². The summed E-state index contributed by atoms with van der Waals surface area (Å²) in [6.07, 6.45) is -4.35. The second-order valence-corrected chi connectivity index (χ2v) is 5.98. The van der Waals surface area contributed by atoms with Crippen LogP contribution in [0.2, 0.25) is 0 Å². The van der Waals surface area contributed by atoms with Crippen LogP contribution in [0.5, 0.6) is 11.5 Å². The van der Waals surface area contributed by atoms with Crippen molar-refractivity contribution in [2.24, 2.45) is 0 Å². The third-order valence-corrected chi connectivity index (χ3v) is 4.30. The van der Waals surface area contributed by atoms with Crippen LogP contribution in [0.1, 0.15) is 22.6 Å². The predicted octanol–water partition coefficient (Wildman–Crippen LogP) is 2.36. The average molecular weight is 369 g/mol. The molecule has 0 bridgehead atoms. The van der Waals surface area contributed by atoms with E-state index in [1.807, 2.05) is 16.0 Å². The monoisotopic (exact) mass is 369 g/mol. The van der Waals surface area contributed by atoms with Gasteiger partial charge in [-0.2, -0.15) is 13.2 Å². The lowest BCUT2D eigenvalue weighted by atomic mass is 10.1. The largest absolute Gasteiger partial charge is 0.497 e. The molecule has 140 valence electrons. The summed E-state index contributed by atoms with van der Waals surface area (Å²) in [4.78, 5) is 19.3. The predicted molar refractivity (Wildman–Crippen MR) is 87.2 cm³/mol. The molecule has 0 spiro atoms. The average Bonchev–Trinajstić information content (AvgIpc) is 2.60. The molecule has 1 aromatic carbocycles. The molecule has 0 amide bonds. The molecule has 1 N–H and O–H groups in total. The van der Waals surface area contributed by atoms with E-state index in [1.54, 1.807) is 26.4 Å². The molecule has 0 atom stereocenters. The minimum absolute atomic E-state index is 0.155. The van der Waals surface area contributed by atoms with Crippen molar-refractivity contribution >= 4 is 0 Å². The van der Waals surface area contributed by atoms with Crippen molar-refractivity contribution < 1.29 is 22.6 Å². The Morgan fingerprint density at radius 3 is 2.69 bits per heavy atom. The van der Waals surface area contributed by atoms with Gasteiger partial charge in [-0.05, 0) is 24.6 Å². The number of nitrogens with one attached hydrogen (secondary N) is 1. The number of aromatic nitrogens is 2.